The third-order valence-electron chi connectivity index (χ3n) is 2.22. The molecule has 4 nitrogen and oxygen atoms in total. The molecule has 2 aromatic heterocycles. The number of anilines is 1. The minimum absolute atomic E-state index is 0.600. The fourth-order valence-electron chi connectivity index (χ4n) is 1.38. The number of hydrogen-bond donors (Lipinski definition) is 1. The van der Waals surface area contributed by atoms with Crippen LogP contribution in [-0.4, -0.2) is 22.0 Å². The number of nitrogens with zero attached hydrogens (tertiary/aromatic N) is 3. The molecule has 2 heterocycles. The molecule has 0 fully saturated rings. The number of aromatic nitrogens is 3. The van der Waals surface area contributed by atoms with Gasteiger partial charge in [0.2, 0.25) is 0 Å². The highest BCUT2D eigenvalue weighted by Crippen LogP contribution is 2.28. The van der Waals surface area contributed by atoms with E-state index in [-0.39, 0.29) is 0 Å². The Labute approximate surface area is 116 Å². The van der Waals surface area contributed by atoms with Gasteiger partial charge in [-0.05, 0) is 50.9 Å². The van der Waals surface area contributed by atoms with Crippen molar-refractivity contribution < 1.29 is 0 Å². The second kappa shape index (κ2) is 5.10. The fourth-order valence-corrected chi connectivity index (χ4v) is 2.19. The van der Waals surface area contributed by atoms with E-state index in [4.69, 9.17) is 0 Å². The van der Waals surface area contributed by atoms with Gasteiger partial charge < -0.3 is 5.32 Å². The highest BCUT2D eigenvalue weighted by atomic mass is 79.9. The van der Waals surface area contributed by atoms with E-state index in [0.29, 0.717) is 5.82 Å². The molecule has 1 N–H and O–H groups in total. The van der Waals surface area contributed by atoms with E-state index in [1.165, 1.54) is 0 Å². The maximum absolute atomic E-state index is 4.42. The zero-order valence-corrected chi connectivity index (χ0v) is 12.5. The molecule has 2 aromatic rings. The quantitative estimate of drug-likeness (QED) is 0.894. The minimum Gasteiger partial charge on any atom is -0.372 e. The van der Waals surface area contributed by atoms with Crippen LogP contribution in [0.4, 0.5) is 5.82 Å². The number of hydrogen-bond acceptors (Lipinski definition) is 4. The molecule has 0 aliphatic carbocycles. The first-order valence-electron chi connectivity index (χ1n) is 4.96. The summed E-state index contributed by atoms with van der Waals surface area (Å²) in [4.78, 5) is 13.1. The number of halogens is 2. The molecule has 0 aliphatic rings. The van der Waals surface area contributed by atoms with E-state index < -0.39 is 0 Å². The standard InChI is InChI=1S/C11H10Br2N4/c1-6-8(13)10(14-2)17-11(16-6)9-7(12)4-3-5-15-9/h3-5H,1-2H3,(H,14,16,17). The van der Waals surface area contributed by atoms with Gasteiger partial charge in [0.1, 0.15) is 11.5 Å². The highest BCUT2D eigenvalue weighted by Gasteiger charge is 2.12. The van der Waals surface area contributed by atoms with Crippen LogP contribution >= 0.6 is 31.9 Å². The molecule has 0 amide bonds. The van der Waals surface area contributed by atoms with Crippen LogP contribution < -0.4 is 5.32 Å². The summed E-state index contributed by atoms with van der Waals surface area (Å²) in [5, 5.41) is 3.02. The monoisotopic (exact) mass is 356 g/mol. The largest absolute Gasteiger partial charge is 0.372 e. The van der Waals surface area contributed by atoms with Crippen molar-refractivity contribution in [3.8, 4) is 11.5 Å². The first-order valence-corrected chi connectivity index (χ1v) is 6.55. The molecule has 0 spiro atoms. The van der Waals surface area contributed by atoms with Crippen molar-refractivity contribution in [2.45, 2.75) is 6.92 Å². The van der Waals surface area contributed by atoms with Crippen LogP contribution in [0.2, 0.25) is 0 Å². The van der Waals surface area contributed by atoms with E-state index in [1.54, 1.807) is 6.20 Å². The van der Waals surface area contributed by atoms with Crippen LogP contribution in [0.1, 0.15) is 5.69 Å². The van der Waals surface area contributed by atoms with Crippen molar-refractivity contribution in [3.63, 3.8) is 0 Å². The molecule has 0 atom stereocenters. The first kappa shape index (κ1) is 12.4. The minimum atomic E-state index is 0.600. The summed E-state index contributed by atoms with van der Waals surface area (Å²) >= 11 is 6.89. The molecule has 0 bridgehead atoms. The molecule has 0 radical (unpaired) electrons. The third kappa shape index (κ3) is 2.47. The van der Waals surface area contributed by atoms with Gasteiger partial charge in [0.05, 0.1) is 10.2 Å². The van der Waals surface area contributed by atoms with Crippen molar-refractivity contribution in [1.29, 1.82) is 0 Å². The summed E-state index contributed by atoms with van der Waals surface area (Å²) in [6.45, 7) is 1.92. The SMILES string of the molecule is CNc1nc(-c2ncccc2Br)nc(C)c1Br. The molecule has 0 unspecified atom stereocenters. The lowest BCUT2D eigenvalue weighted by molar-refractivity contribution is 1.07. The molecule has 6 heteroatoms. The highest BCUT2D eigenvalue weighted by molar-refractivity contribution is 9.11. The molecule has 88 valence electrons. The number of aryl methyl sites for hydroxylation is 1. The van der Waals surface area contributed by atoms with Crippen LogP contribution in [0, 0.1) is 6.92 Å². The van der Waals surface area contributed by atoms with E-state index >= 15 is 0 Å². The van der Waals surface area contributed by atoms with E-state index in [9.17, 15) is 0 Å². The molecule has 0 saturated heterocycles. The van der Waals surface area contributed by atoms with E-state index in [2.05, 4.69) is 52.1 Å². The normalized spacial score (nSPS) is 10.4. The smallest absolute Gasteiger partial charge is 0.181 e. The first-order chi connectivity index (χ1) is 8.13. The lowest BCUT2D eigenvalue weighted by Gasteiger charge is -2.08. The van der Waals surface area contributed by atoms with Crippen molar-refractivity contribution >= 4 is 37.7 Å². The lowest BCUT2D eigenvalue weighted by atomic mass is 10.3. The summed E-state index contributed by atoms with van der Waals surface area (Å²) in [5.41, 5.74) is 1.61. The number of rotatable bonds is 2. The van der Waals surface area contributed by atoms with Crippen molar-refractivity contribution in [1.82, 2.24) is 15.0 Å². The molecule has 17 heavy (non-hydrogen) atoms. The van der Waals surface area contributed by atoms with Gasteiger partial charge >= 0.3 is 0 Å². The predicted octanol–water partition coefficient (Wildman–Crippen LogP) is 3.41. The van der Waals surface area contributed by atoms with Crippen molar-refractivity contribution in [3.05, 3.63) is 33.0 Å². The number of pyridine rings is 1. The van der Waals surface area contributed by atoms with Gasteiger partial charge in [0, 0.05) is 17.7 Å². The fraction of sp³-hybridized carbons (Fsp3) is 0.182. The topological polar surface area (TPSA) is 50.7 Å². The molecular formula is C11H10Br2N4. The molecule has 0 saturated carbocycles. The van der Waals surface area contributed by atoms with E-state index in [1.807, 2.05) is 26.1 Å². The summed E-state index contributed by atoms with van der Waals surface area (Å²) in [6.07, 6.45) is 1.72. The molecule has 2 rings (SSSR count). The summed E-state index contributed by atoms with van der Waals surface area (Å²) < 4.78 is 1.75. The second-order valence-electron chi connectivity index (χ2n) is 3.38. The Morgan fingerprint density at radius 1 is 1.24 bits per heavy atom. The maximum atomic E-state index is 4.42. The van der Waals surface area contributed by atoms with Crippen LogP contribution in [0.5, 0.6) is 0 Å². The predicted molar refractivity (Wildman–Crippen MR) is 74.9 cm³/mol. The zero-order chi connectivity index (χ0) is 12.4. The Morgan fingerprint density at radius 2 is 2.00 bits per heavy atom. The Bertz CT molecular complexity index is 557. The zero-order valence-electron chi connectivity index (χ0n) is 9.33. The van der Waals surface area contributed by atoms with Gasteiger partial charge in [-0.15, -0.1) is 0 Å². The van der Waals surface area contributed by atoms with Crippen molar-refractivity contribution in [2.24, 2.45) is 0 Å². The molecule has 0 aromatic carbocycles. The van der Waals surface area contributed by atoms with Crippen LogP contribution in [0.3, 0.4) is 0 Å². The van der Waals surface area contributed by atoms with Gasteiger partial charge in [-0.1, -0.05) is 0 Å². The Hall–Kier alpha value is -1.01. The Morgan fingerprint density at radius 3 is 2.65 bits per heavy atom. The average Bonchev–Trinajstić information content (AvgIpc) is 2.33. The summed E-state index contributed by atoms with van der Waals surface area (Å²) in [5.74, 6) is 1.35. The van der Waals surface area contributed by atoms with Gasteiger partial charge in [-0.25, -0.2) is 9.97 Å². The van der Waals surface area contributed by atoms with Gasteiger partial charge in [-0.3, -0.25) is 4.98 Å². The van der Waals surface area contributed by atoms with Crippen LogP contribution in [0.15, 0.2) is 27.3 Å². The lowest BCUT2D eigenvalue weighted by Crippen LogP contribution is -2.01. The molecular weight excluding hydrogens is 348 g/mol. The van der Waals surface area contributed by atoms with Crippen LogP contribution in [-0.2, 0) is 0 Å². The Balaban J connectivity index is 2.61. The number of nitrogens with one attached hydrogen (secondary N) is 1. The van der Waals surface area contributed by atoms with Crippen LogP contribution in [0.25, 0.3) is 11.5 Å². The third-order valence-corrected chi connectivity index (χ3v) is 3.81. The Kier molecular flexibility index (Phi) is 3.73. The molecule has 0 aliphatic heterocycles. The average molecular weight is 358 g/mol. The summed E-state index contributed by atoms with van der Waals surface area (Å²) in [6, 6.07) is 3.78. The van der Waals surface area contributed by atoms with E-state index in [0.717, 1.165) is 26.2 Å². The second-order valence-corrected chi connectivity index (χ2v) is 5.03. The van der Waals surface area contributed by atoms with Gasteiger partial charge in [0.15, 0.2) is 5.82 Å². The van der Waals surface area contributed by atoms with Gasteiger partial charge in [-0.2, -0.15) is 0 Å². The maximum Gasteiger partial charge on any atom is 0.181 e. The summed E-state index contributed by atoms with van der Waals surface area (Å²) in [7, 11) is 1.82. The van der Waals surface area contributed by atoms with Crippen molar-refractivity contribution in [2.75, 3.05) is 12.4 Å². The van der Waals surface area contributed by atoms with Gasteiger partial charge in [0.25, 0.3) is 0 Å².